The Morgan fingerprint density at radius 2 is 1.94 bits per heavy atom. The van der Waals surface area contributed by atoms with Gasteiger partial charge in [-0.05, 0) is 6.42 Å². The number of nitrogens with two attached hydrogens (primary N) is 1. The van der Waals surface area contributed by atoms with E-state index in [0.29, 0.717) is 18.2 Å². The normalized spacial score (nSPS) is 10.2. The van der Waals surface area contributed by atoms with E-state index in [0.717, 1.165) is 6.42 Å². The molecule has 0 aliphatic heterocycles. The Hall–Kier alpha value is -1.23. The van der Waals surface area contributed by atoms with Crippen LogP contribution in [0.1, 0.15) is 44.7 Å². The average Bonchev–Trinajstić information content (AvgIpc) is 2.34. The van der Waals surface area contributed by atoms with Gasteiger partial charge in [0.2, 0.25) is 5.88 Å². The third-order valence-electron chi connectivity index (χ3n) is 2.38. The summed E-state index contributed by atoms with van der Waals surface area (Å²) in [6, 6.07) is 0. The highest BCUT2D eigenvalue weighted by molar-refractivity contribution is 7.80. The van der Waals surface area contributed by atoms with Gasteiger partial charge in [0.1, 0.15) is 4.99 Å². The van der Waals surface area contributed by atoms with Crippen molar-refractivity contribution >= 4 is 17.2 Å². The fourth-order valence-electron chi connectivity index (χ4n) is 1.47. The molecule has 0 fully saturated rings. The summed E-state index contributed by atoms with van der Waals surface area (Å²) in [6.07, 6.45) is 9.11. The monoisotopic (exact) mass is 253 g/mol. The van der Waals surface area contributed by atoms with Crippen molar-refractivity contribution in [2.75, 3.05) is 6.61 Å². The highest BCUT2D eigenvalue weighted by Crippen LogP contribution is 2.12. The third-order valence-corrected chi connectivity index (χ3v) is 2.58. The molecular weight excluding hydrogens is 234 g/mol. The van der Waals surface area contributed by atoms with E-state index in [1.54, 1.807) is 12.4 Å². The van der Waals surface area contributed by atoms with Crippen LogP contribution in [0, 0.1) is 0 Å². The number of aromatic nitrogens is 2. The van der Waals surface area contributed by atoms with Gasteiger partial charge in [0, 0.05) is 12.4 Å². The van der Waals surface area contributed by atoms with Gasteiger partial charge in [-0.3, -0.25) is 0 Å². The van der Waals surface area contributed by atoms with Gasteiger partial charge in [0.25, 0.3) is 0 Å². The fraction of sp³-hybridized carbons (Fsp3) is 0.583. The van der Waals surface area contributed by atoms with E-state index in [1.165, 1.54) is 25.7 Å². The molecule has 0 unspecified atom stereocenters. The lowest BCUT2D eigenvalue weighted by atomic mass is 10.2. The Morgan fingerprint density at radius 3 is 2.65 bits per heavy atom. The van der Waals surface area contributed by atoms with E-state index in [9.17, 15) is 0 Å². The number of thiocarbonyl (C=S) groups is 1. The van der Waals surface area contributed by atoms with E-state index >= 15 is 0 Å². The largest absolute Gasteiger partial charge is 0.476 e. The molecule has 4 nitrogen and oxygen atoms in total. The molecule has 0 spiro atoms. The van der Waals surface area contributed by atoms with Crippen molar-refractivity contribution in [3.63, 3.8) is 0 Å². The van der Waals surface area contributed by atoms with Crippen molar-refractivity contribution in [2.45, 2.75) is 39.0 Å². The molecule has 2 N–H and O–H groups in total. The third kappa shape index (κ3) is 5.08. The zero-order chi connectivity index (χ0) is 12.5. The SMILES string of the molecule is CCCCCCCOc1nccnc1C(N)=S. The number of rotatable bonds is 8. The first-order chi connectivity index (χ1) is 8.25. The Bertz CT molecular complexity index is 357. The Kier molecular flexibility index (Phi) is 6.47. The van der Waals surface area contributed by atoms with Crippen LogP contribution < -0.4 is 10.5 Å². The molecule has 0 saturated heterocycles. The molecule has 1 aromatic heterocycles. The van der Waals surface area contributed by atoms with E-state index in [4.69, 9.17) is 22.7 Å². The van der Waals surface area contributed by atoms with Gasteiger partial charge in [-0.1, -0.05) is 44.8 Å². The van der Waals surface area contributed by atoms with Crippen LogP contribution in [0.3, 0.4) is 0 Å². The quantitative estimate of drug-likeness (QED) is 0.569. The maximum absolute atomic E-state index is 5.54. The van der Waals surface area contributed by atoms with Gasteiger partial charge < -0.3 is 10.5 Å². The molecular formula is C12H19N3OS. The molecule has 1 heterocycles. The molecule has 1 rings (SSSR count). The highest BCUT2D eigenvalue weighted by atomic mass is 32.1. The Balaban J connectivity index is 2.34. The molecule has 0 aliphatic carbocycles. The van der Waals surface area contributed by atoms with Gasteiger partial charge in [0.15, 0.2) is 5.69 Å². The van der Waals surface area contributed by atoms with Crippen LogP contribution in [0.4, 0.5) is 0 Å². The second kappa shape index (κ2) is 7.95. The lowest BCUT2D eigenvalue weighted by Gasteiger charge is -2.07. The highest BCUT2D eigenvalue weighted by Gasteiger charge is 2.08. The van der Waals surface area contributed by atoms with Gasteiger partial charge in [-0.2, -0.15) is 0 Å². The minimum Gasteiger partial charge on any atom is -0.476 e. The number of hydrogen-bond donors (Lipinski definition) is 1. The maximum Gasteiger partial charge on any atom is 0.243 e. The van der Waals surface area contributed by atoms with E-state index in [1.807, 2.05) is 0 Å². The Labute approximate surface area is 108 Å². The summed E-state index contributed by atoms with van der Waals surface area (Å²) in [5.41, 5.74) is 6.00. The Morgan fingerprint density at radius 1 is 1.24 bits per heavy atom. The first-order valence-electron chi connectivity index (χ1n) is 5.99. The zero-order valence-electron chi connectivity index (χ0n) is 10.2. The molecule has 0 saturated carbocycles. The molecule has 0 amide bonds. The van der Waals surface area contributed by atoms with Crippen LogP contribution in [0.5, 0.6) is 5.88 Å². The molecule has 0 atom stereocenters. The average molecular weight is 253 g/mol. The molecule has 0 radical (unpaired) electrons. The summed E-state index contributed by atoms with van der Waals surface area (Å²) in [7, 11) is 0. The van der Waals surface area contributed by atoms with E-state index in [-0.39, 0.29) is 4.99 Å². The standard InChI is InChI=1S/C12H19N3OS/c1-2-3-4-5-6-9-16-12-10(11(13)17)14-7-8-15-12/h7-8H,2-6,9H2,1H3,(H2,13,17). The predicted molar refractivity (Wildman–Crippen MR) is 72.2 cm³/mol. The van der Waals surface area contributed by atoms with Crippen molar-refractivity contribution in [1.82, 2.24) is 9.97 Å². The lowest BCUT2D eigenvalue weighted by Crippen LogP contribution is -2.15. The first kappa shape index (κ1) is 13.8. The van der Waals surface area contributed by atoms with Crippen LogP contribution in [-0.4, -0.2) is 21.6 Å². The molecule has 1 aromatic rings. The number of hydrogen-bond acceptors (Lipinski definition) is 4. The molecule has 0 aromatic carbocycles. The predicted octanol–water partition coefficient (Wildman–Crippen LogP) is 2.46. The summed E-state index contributed by atoms with van der Waals surface area (Å²) in [4.78, 5) is 8.36. The number of unbranched alkanes of at least 4 members (excludes halogenated alkanes) is 4. The summed E-state index contributed by atoms with van der Waals surface area (Å²) < 4.78 is 5.54. The second-order valence-corrected chi connectivity index (χ2v) is 4.28. The van der Waals surface area contributed by atoms with Crippen molar-refractivity contribution in [3.8, 4) is 5.88 Å². The summed E-state index contributed by atoms with van der Waals surface area (Å²) in [6.45, 7) is 2.84. The van der Waals surface area contributed by atoms with Crippen molar-refractivity contribution < 1.29 is 4.74 Å². The van der Waals surface area contributed by atoms with E-state index in [2.05, 4.69) is 16.9 Å². The first-order valence-corrected chi connectivity index (χ1v) is 6.40. The summed E-state index contributed by atoms with van der Waals surface area (Å²) in [5.74, 6) is 0.440. The van der Waals surface area contributed by atoms with Gasteiger partial charge >= 0.3 is 0 Å². The number of nitrogens with zero attached hydrogens (tertiary/aromatic N) is 2. The van der Waals surface area contributed by atoms with Crippen LogP contribution in [0.25, 0.3) is 0 Å². The van der Waals surface area contributed by atoms with Crippen LogP contribution in [-0.2, 0) is 0 Å². The maximum atomic E-state index is 5.54. The van der Waals surface area contributed by atoms with Gasteiger partial charge in [-0.15, -0.1) is 0 Å². The van der Waals surface area contributed by atoms with Crippen molar-refractivity contribution in [3.05, 3.63) is 18.1 Å². The van der Waals surface area contributed by atoms with Gasteiger partial charge in [-0.25, -0.2) is 9.97 Å². The lowest BCUT2D eigenvalue weighted by molar-refractivity contribution is 0.291. The van der Waals surface area contributed by atoms with Gasteiger partial charge in [0.05, 0.1) is 6.61 Å². The fourth-order valence-corrected chi connectivity index (χ4v) is 1.61. The van der Waals surface area contributed by atoms with Crippen LogP contribution >= 0.6 is 12.2 Å². The molecule has 5 heteroatoms. The van der Waals surface area contributed by atoms with Crippen LogP contribution in [0.2, 0.25) is 0 Å². The molecule has 0 aliphatic rings. The van der Waals surface area contributed by atoms with Crippen molar-refractivity contribution in [1.29, 1.82) is 0 Å². The zero-order valence-corrected chi connectivity index (χ0v) is 11.0. The second-order valence-electron chi connectivity index (χ2n) is 3.84. The summed E-state index contributed by atoms with van der Waals surface area (Å²) in [5, 5.41) is 0. The molecule has 0 bridgehead atoms. The minimum absolute atomic E-state index is 0.221. The van der Waals surface area contributed by atoms with E-state index < -0.39 is 0 Å². The van der Waals surface area contributed by atoms with Crippen LogP contribution in [0.15, 0.2) is 12.4 Å². The topological polar surface area (TPSA) is 61.0 Å². The van der Waals surface area contributed by atoms with Crippen molar-refractivity contribution in [2.24, 2.45) is 5.73 Å². The molecule has 94 valence electrons. The summed E-state index contributed by atoms with van der Waals surface area (Å²) >= 11 is 4.88. The minimum atomic E-state index is 0.221. The molecule has 17 heavy (non-hydrogen) atoms. The number of ether oxygens (including phenoxy) is 1. The smallest absolute Gasteiger partial charge is 0.243 e.